The fraction of sp³-hybridized carbons (Fsp3) is 0.565. The molecule has 0 amide bonds. The summed E-state index contributed by atoms with van der Waals surface area (Å²) in [4.78, 5) is 5.04. The maximum Gasteiger partial charge on any atom is 0.151 e. The Morgan fingerprint density at radius 3 is 2.62 bits per heavy atom. The smallest absolute Gasteiger partial charge is 0.151 e. The van der Waals surface area contributed by atoms with Crippen molar-refractivity contribution in [2.24, 2.45) is 0 Å². The molecule has 1 aromatic carbocycles. The maximum absolute atomic E-state index is 10.4. The van der Waals surface area contributed by atoms with E-state index in [4.69, 9.17) is 4.74 Å². The highest BCUT2D eigenvalue weighted by Gasteiger charge is 2.40. The molecule has 2 atom stereocenters. The summed E-state index contributed by atoms with van der Waals surface area (Å²) in [7, 11) is 0. The highest BCUT2D eigenvalue weighted by Crippen LogP contribution is 2.34. The first-order valence-corrected chi connectivity index (χ1v) is 10.9. The van der Waals surface area contributed by atoms with E-state index in [1.54, 1.807) is 6.07 Å². The zero-order valence-corrected chi connectivity index (χ0v) is 17.3. The molecule has 29 heavy (non-hydrogen) atoms. The van der Waals surface area contributed by atoms with Crippen LogP contribution in [0, 0.1) is 13.8 Å². The number of hydrogen-bond donors (Lipinski definition) is 1. The van der Waals surface area contributed by atoms with Crippen LogP contribution in [0.3, 0.4) is 0 Å². The number of rotatable bonds is 3. The van der Waals surface area contributed by atoms with Crippen LogP contribution in [0.15, 0.2) is 24.3 Å². The molecule has 1 saturated carbocycles. The Morgan fingerprint density at radius 2 is 1.93 bits per heavy atom. The third-order valence-electron chi connectivity index (χ3n) is 6.87. The summed E-state index contributed by atoms with van der Waals surface area (Å²) in [6.45, 7) is 7.78. The van der Waals surface area contributed by atoms with E-state index in [9.17, 15) is 5.11 Å². The number of phenols is 1. The molecule has 1 aromatic heterocycles. The largest absolute Gasteiger partial charge is 0.507 e. The van der Waals surface area contributed by atoms with Gasteiger partial charge in [-0.1, -0.05) is 12.5 Å². The standard InChI is InChI=1S/C23H30N4O2/c1-15-12-16(2)23(20(28)13-15)18-6-7-22(25-24-18)27-10-11-29-21-8-9-26(14-19(21)27)17-4-3-5-17/h6-7,12-13,17,19,21,28H,3-5,8-11,14H2,1-2H3/t19-,21+/m0/s1. The fourth-order valence-corrected chi connectivity index (χ4v) is 5.15. The molecule has 3 heterocycles. The lowest BCUT2D eigenvalue weighted by molar-refractivity contribution is -0.0446. The Balaban J connectivity index is 1.39. The van der Waals surface area contributed by atoms with E-state index in [-0.39, 0.29) is 11.9 Å². The summed E-state index contributed by atoms with van der Waals surface area (Å²) in [5, 5.41) is 19.5. The Labute approximate surface area is 172 Å². The van der Waals surface area contributed by atoms with Gasteiger partial charge in [-0.15, -0.1) is 10.2 Å². The van der Waals surface area contributed by atoms with Crippen LogP contribution in [0.5, 0.6) is 5.75 Å². The second-order valence-corrected chi connectivity index (χ2v) is 8.79. The van der Waals surface area contributed by atoms with Gasteiger partial charge in [0.15, 0.2) is 5.82 Å². The molecule has 2 aromatic rings. The summed E-state index contributed by atoms with van der Waals surface area (Å²) in [6.07, 6.45) is 5.43. The van der Waals surface area contributed by atoms with E-state index in [0.29, 0.717) is 11.7 Å². The molecule has 0 radical (unpaired) electrons. The van der Waals surface area contributed by atoms with Gasteiger partial charge in [0.1, 0.15) is 5.75 Å². The van der Waals surface area contributed by atoms with Gasteiger partial charge in [-0.2, -0.15) is 0 Å². The van der Waals surface area contributed by atoms with Crippen LogP contribution in [-0.4, -0.2) is 64.6 Å². The number of piperidine rings is 1. The molecular weight excluding hydrogens is 364 g/mol. The molecule has 2 aliphatic heterocycles. The van der Waals surface area contributed by atoms with Crippen molar-refractivity contribution in [2.75, 3.05) is 31.1 Å². The van der Waals surface area contributed by atoms with Gasteiger partial charge in [-0.25, -0.2) is 0 Å². The van der Waals surface area contributed by atoms with Crippen LogP contribution in [0.25, 0.3) is 11.3 Å². The van der Waals surface area contributed by atoms with Gasteiger partial charge in [-0.05, 0) is 62.4 Å². The summed E-state index contributed by atoms with van der Waals surface area (Å²) in [5.41, 5.74) is 3.54. The SMILES string of the molecule is Cc1cc(C)c(-c2ccc(N3CCO[C@@H]4CCN(C5CCC5)C[C@@H]43)nn2)c(O)c1. The van der Waals surface area contributed by atoms with E-state index < -0.39 is 0 Å². The predicted octanol–water partition coefficient (Wildman–Crippen LogP) is 3.30. The summed E-state index contributed by atoms with van der Waals surface area (Å²) >= 11 is 0. The third kappa shape index (κ3) is 3.49. The van der Waals surface area contributed by atoms with Gasteiger partial charge in [0, 0.05) is 31.2 Å². The number of hydrogen-bond acceptors (Lipinski definition) is 6. The van der Waals surface area contributed by atoms with Crippen molar-refractivity contribution in [1.82, 2.24) is 15.1 Å². The van der Waals surface area contributed by atoms with E-state index >= 15 is 0 Å². The van der Waals surface area contributed by atoms with Crippen LogP contribution >= 0.6 is 0 Å². The molecule has 1 aliphatic carbocycles. The number of benzene rings is 1. The monoisotopic (exact) mass is 394 g/mol. The minimum Gasteiger partial charge on any atom is -0.507 e. The molecule has 0 spiro atoms. The number of morpholine rings is 1. The second kappa shape index (κ2) is 7.58. The molecule has 0 bridgehead atoms. The van der Waals surface area contributed by atoms with Gasteiger partial charge in [-0.3, -0.25) is 4.90 Å². The van der Waals surface area contributed by atoms with Crippen molar-refractivity contribution in [1.29, 1.82) is 0 Å². The van der Waals surface area contributed by atoms with Crippen molar-refractivity contribution in [2.45, 2.75) is 57.7 Å². The van der Waals surface area contributed by atoms with Crippen LogP contribution in [0.4, 0.5) is 5.82 Å². The topological polar surface area (TPSA) is 61.7 Å². The van der Waals surface area contributed by atoms with E-state index in [2.05, 4.69) is 26.1 Å². The Hall–Kier alpha value is -2.18. The molecule has 6 nitrogen and oxygen atoms in total. The average Bonchev–Trinajstić information content (AvgIpc) is 2.66. The van der Waals surface area contributed by atoms with E-state index in [0.717, 1.165) is 61.2 Å². The first-order valence-electron chi connectivity index (χ1n) is 10.9. The Bertz CT molecular complexity index is 858. The zero-order chi connectivity index (χ0) is 20.0. The zero-order valence-electron chi connectivity index (χ0n) is 17.3. The fourth-order valence-electron chi connectivity index (χ4n) is 5.15. The van der Waals surface area contributed by atoms with Gasteiger partial charge in [0.25, 0.3) is 0 Å². The summed E-state index contributed by atoms with van der Waals surface area (Å²) in [6, 6.07) is 8.98. The second-order valence-electron chi connectivity index (χ2n) is 8.79. The molecule has 6 heteroatoms. The molecule has 3 aliphatic rings. The van der Waals surface area contributed by atoms with E-state index in [1.165, 1.54) is 19.3 Å². The minimum atomic E-state index is 0.263. The average molecular weight is 395 g/mol. The molecule has 2 saturated heterocycles. The van der Waals surface area contributed by atoms with Crippen molar-refractivity contribution >= 4 is 5.82 Å². The minimum absolute atomic E-state index is 0.263. The molecule has 5 rings (SSSR count). The van der Waals surface area contributed by atoms with Gasteiger partial charge in [0.2, 0.25) is 0 Å². The lowest BCUT2D eigenvalue weighted by Gasteiger charge is -2.50. The number of fused-ring (bicyclic) bond motifs is 1. The molecular formula is C23H30N4O2. The summed E-state index contributed by atoms with van der Waals surface area (Å²) < 4.78 is 6.10. The lowest BCUT2D eigenvalue weighted by atomic mass is 9.88. The summed E-state index contributed by atoms with van der Waals surface area (Å²) in [5.74, 6) is 1.17. The highest BCUT2D eigenvalue weighted by molar-refractivity contribution is 5.71. The van der Waals surface area contributed by atoms with Crippen molar-refractivity contribution in [3.63, 3.8) is 0 Å². The number of aryl methyl sites for hydroxylation is 2. The number of aromatic nitrogens is 2. The number of anilines is 1. The highest BCUT2D eigenvalue weighted by atomic mass is 16.5. The first kappa shape index (κ1) is 18.8. The van der Waals surface area contributed by atoms with Crippen LogP contribution < -0.4 is 4.90 Å². The molecule has 0 unspecified atom stereocenters. The van der Waals surface area contributed by atoms with Gasteiger partial charge < -0.3 is 14.7 Å². The van der Waals surface area contributed by atoms with Gasteiger partial charge >= 0.3 is 0 Å². The number of ether oxygens (including phenoxy) is 1. The number of phenolic OH excluding ortho intramolecular Hbond substituents is 1. The molecule has 1 N–H and O–H groups in total. The molecule has 154 valence electrons. The number of likely N-dealkylation sites (tertiary alicyclic amines) is 1. The lowest BCUT2D eigenvalue weighted by Crippen LogP contribution is -2.62. The Kier molecular flexibility index (Phi) is 4.92. The number of nitrogens with zero attached hydrogens (tertiary/aromatic N) is 4. The van der Waals surface area contributed by atoms with Crippen LogP contribution in [0.2, 0.25) is 0 Å². The molecule has 3 fully saturated rings. The maximum atomic E-state index is 10.4. The van der Waals surface area contributed by atoms with E-state index in [1.807, 2.05) is 26.0 Å². The van der Waals surface area contributed by atoms with Crippen molar-refractivity contribution in [3.05, 3.63) is 35.4 Å². The number of aromatic hydroxyl groups is 1. The van der Waals surface area contributed by atoms with Crippen LogP contribution in [-0.2, 0) is 4.74 Å². The van der Waals surface area contributed by atoms with Gasteiger partial charge in [0.05, 0.1) is 24.4 Å². The quantitative estimate of drug-likeness (QED) is 0.862. The van der Waals surface area contributed by atoms with Crippen molar-refractivity contribution < 1.29 is 9.84 Å². The first-order chi connectivity index (χ1) is 14.1. The normalized spacial score (nSPS) is 25.5. The van der Waals surface area contributed by atoms with Crippen molar-refractivity contribution in [3.8, 4) is 17.0 Å². The third-order valence-corrected chi connectivity index (χ3v) is 6.87. The van der Waals surface area contributed by atoms with Crippen LogP contribution in [0.1, 0.15) is 36.8 Å². The Morgan fingerprint density at radius 1 is 1.07 bits per heavy atom. The predicted molar refractivity (Wildman–Crippen MR) is 113 cm³/mol.